The van der Waals surface area contributed by atoms with Gasteiger partial charge in [-0.1, -0.05) is 6.07 Å². The Kier molecular flexibility index (Phi) is 3.19. The SMILES string of the molecule is O=C(Nc1cc(F)cc(F)c1)Nc1cccc2nonc12. The van der Waals surface area contributed by atoms with Crippen LogP contribution in [0.4, 0.5) is 25.0 Å². The van der Waals surface area contributed by atoms with E-state index in [-0.39, 0.29) is 5.69 Å². The molecule has 0 fully saturated rings. The van der Waals surface area contributed by atoms with E-state index in [0.717, 1.165) is 12.1 Å². The van der Waals surface area contributed by atoms with Crippen molar-refractivity contribution in [3.63, 3.8) is 0 Å². The summed E-state index contributed by atoms with van der Waals surface area (Å²) in [5.74, 6) is -1.57. The van der Waals surface area contributed by atoms with E-state index in [1.165, 1.54) is 0 Å². The highest BCUT2D eigenvalue weighted by atomic mass is 19.1. The zero-order valence-corrected chi connectivity index (χ0v) is 10.4. The third kappa shape index (κ3) is 2.78. The van der Waals surface area contributed by atoms with Crippen LogP contribution in [-0.2, 0) is 0 Å². The molecule has 0 bridgehead atoms. The van der Waals surface area contributed by atoms with Crippen molar-refractivity contribution in [3.05, 3.63) is 48.0 Å². The molecule has 0 saturated carbocycles. The summed E-state index contributed by atoms with van der Waals surface area (Å²) in [5.41, 5.74) is 1.21. The van der Waals surface area contributed by atoms with Crippen molar-refractivity contribution in [1.29, 1.82) is 0 Å². The molecule has 1 aromatic heterocycles. The van der Waals surface area contributed by atoms with Gasteiger partial charge in [-0.05, 0) is 34.6 Å². The van der Waals surface area contributed by atoms with Crippen LogP contribution in [0.15, 0.2) is 41.0 Å². The Hall–Kier alpha value is -3.03. The molecule has 6 nitrogen and oxygen atoms in total. The van der Waals surface area contributed by atoms with Crippen LogP contribution in [0.2, 0.25) is 0 Å². The number of nitrogens with zero attached hydrogens (tertiary/aromatic N) is 2. The number of halogens is 2. The van der Waals surface area contributed by atoms with Gasteiger partial charge >= 0.3 is 6.03 Å². The number of carbonyl (C=O) groups is 1. The predicted molar refractivity (Wildman–Crippen MR) is 70.8 cm³/mol. The zero-order valence-electron chi connectivity index (χ0n) is 10.4. The van der Waals surface area contributed by atoms with Crippen LogP contribution in [0.1, 0.15) is 0 Å². The standard InChI is InChI=1S/C13H8F2N4O2/c14-7-4-8(15)6-9(5-7)16-13(20)17-10-2-1-3-11-12(10)19-21-18-11/h1-6H,(H2,16,17,20). The molecular weight excluding hydrogens is 282 g/mol. The second-order valence-electron chi connectivity index (χ2n) is 4.17. The van der Waals surface area contributed by atoms with Crippen molar-refractivity contribution in [3.8, 4) is 0 Å². The average molecular weight is 290 g/mol. The first-order valence-electron chi connectivity index (χ1n) is 5.87. The summed E-state index contributed by atoms with van der Waals surface area (Å²) in [6.07, 6.45) is 0. The first-order chi connectivity index (χ1) is 10.1. The van der Waals surface area contributed by atoms with Crippen molar-refractivity contribution in [2.75, 3.05) is 10.6 Å². The maximum Gasteiger partial charge on any atom is 0.323 e. The van der Waals surface area contributed by atoms with Crippen molar-refractivity contribution in [1.82, 2.24) is 10.3 Å². The molecule has 0 radical (unpaired) electrons. The highest BCUT2D eigenvalue weighted by molar-refractivity contribution is 6.04. The minimum atomic E-state index is -0.784. The molecule has 0 saturated heterocycles. The lowest BCUT2D eigenvalue weighted by Crippen LogP contribution is -2.19. The first-order valence-corrected chi connectivity index (χ1v) is 5.87. The van der Waals surface area contributed by atoms with E-state index in [0.29, 0.717) is 22.8 Å². The number of anilines is 2. The fourth-order valence-corrected chi connectivity index (χ4v) is 1.82. The molecule has 0 aliphatic carbocycles. The van der Waals surface area contributed by atoms with Crippen molar-refractivity contribution < 1.29 is 18.2 Å². The van der Waals surface area contributed by atoms with Gasteiger partial charge in [0.15, 0.2) is 5.52 Å². The highest BCUT2D eigenvalue weighted by Crippen LogP contribution is 2.20. The van der Waals surface area contributed by atoms with E-state index < -0.39 is 17.7 Å². The smallest absolute Gasteiger partial charge is 0.308 e. The Morgan fingerprint density at radius 3 is 2.57 bits per heavy atom. The fourth-order valence-electron chi connectivity index (χ4n) is 1.82. The van der Waals surface area contributed by atoms with Crippen molar-refractivity contribution in [2.24, 2.45) is 0 Å². The topological polar surface area (TPSA) is 80.0 Å². The third-order valence-electron chi connectivity index (χ3n) is 2.65. The highest BCUT2D eigenvalue weighted by Gasteiger charge is 2.10. The molecule has 8 heteroatoms. The molecule has 3 aromatic rings. The molecule has 0 spiro atoms. The van der Waals surface area contributed by atoms with E-state index in [1.54, 1.807) is 18.2 Å². The lowest BCUT2D eigenvalue weighted by molar-refractivity contribution is 0.262. The average Bonchev–Trinajstić information content (AvgIpc) is 2.86. The summed E-state index contributed by atoms with van der Waals surface area (Å²) in [4.78, 5) is 11.8. The normalized spacial score (nSPS) is 10.6. The van der Waals surface area contributed by atoms with Gasteiger partial charge in [0.1, 0.15) is 17.2 Å². The van der Waals surface area contributed by atoms with Gasteiger partial charge in [-0.15, -0.1) is 0 Å². The van der Waals surface area contributed by atoms with Crippen LogP contribution in [0.3, 0.4) is 0 Å². The quantitative estimate of drug-likeness (QED) is 0.759. The monoisotopic (exact) mass is 290 g/mol. The summed E-state index contributed by atoms with van der Waals surface area (Å²) in [7, 11) is 0. The Balaban J connectivity index is 1.79. The summed E-state index contributed by atoms with van der Waals surface area (Å²) < 4.78 is 30.6. The Morgan fingerprint density at radius 2 is 1.81 bits per heavy atom. The summed E-state index contributed by atoms with van der Waals surface area (Å²) in [6, 6.07) is 6.96. The Bertz CT molecular complexity index is 799. The van der Waals surface area contributed by atoms with Crippen LogP contribution in [0.25, 0.3) is 11.0 Å². The molecule has 0 atom stereocenters. The van der Waals surface area contributed by atoms with Crippen molar-refractivity contribution in [2.45, 2.75) is 0 Å². The number of urea groups is 1. The minimum Gasteiger partial charge on any atom is -0.308 e. The number of hydrogen-bond acceptors (Lipinski definition) is 4. The van der Waals surface area contributed by atoms with Gasteiger partial charge in [0, 0.05) is 11.8 Å². The number of nitrogens with one attached hydrogen (secondary N) is 2. The number of hydrogen-bond donors (Lipinski definition) is 2. The fraction of sp³-hybridized carbons (Fsp3) is 0. The van der Waals surface area contributed by atoms with E-state index in [2.05, 4.69) is 25.6 Å². The van der Waals surface area contributed by atoms with Crippen molar-refractivity contribution >= 4 is 28.4 Å². The van der Waals surface area contributed by atoms with E-state index >= 15 is 0 Å². The number of amides is 2. The molecule has 0 aliphatic heterocycles. The maximum absolute atomic E-state index is 13.0. The second kappa shape index (κ2) is 5.16. The molecule has 0 unspecified atom stereocenters. The molecule has 2 aromatic carbocycles. The largest absolute Gasteiger partial charge is 0.323 e. The van der Waals surface area contributed by atoms with E-state index in [9.17, 15) is 13.6 Å². The Morgan fingerprint density at radius 1 is 1.05 bits per heavy atom. The number of benzene rings is 2. The van der Waals surface area contributed by atoms with Gasteiger partial charge < -0.3 is 10.6 Å². The molecule has 106 valence electrons. The number of fused-ring (bicyclic) bond motifs is 1. The lowest BCUT2D eigenvalue weighted by Gasteiger charge is -2.07. The summed E-state index contributed by atoms with van der Waals surface area (Å²) >= 11 is 0. The predicted octanol–water partition coefficient (Wildman–Crippen LogP) is 3.15. The summed E-state index contributed by atoms with van der Waals surface area (Å²) in [5, 5.41) is 12.1. The van der Waals surface area contributed by atoms with E-state index in [1.807, 2.05) is 0 Å². The van der Waals surface area contributed by atoms with Crippen LogP contribution < -0.4 is 10.6 Å². The number of carbonyl (C=O) groups excluding carboxylic acids is 1. The van der Waals surface area contributed by atoms with Gasteiger partial charge in [0.05, 0.1) is 5.69 Å². The van der Waals surface area contributed by atoms with Gasteiger partial charge in [-0.2, -0.15) is 0 Å². The third-order valence-corrected chi connectivity index (χ3v) is 2.65. The van der Waals surface area contributed by atoms with Gasteiger partial charge in [-0.3, -0.25) is 0 Å². The lowest BCUT2D eigenvalue weighted by atomic mass is 10.2. The van der Waals surface area contributed by atoms with Gasteiger partial charge in [0.2, 0.25) is 0 Å². The molecule has 21 heavy (non-hydrogen) atoms. The Labute approximate surface area is 116 Å². The molecule has 1 heterocycles. The molecule has 2 amide bonds. The number of aromatic nitrogens is 2. The molecule has 0 aliphatic rings. The molecule has 2 N–H and O–H groups in total. The first kappa shape index (κ1) is 13.0. The van der Waals surface area contributed by atoms with Gasteiger partial charge in [-0.25, -0.2) is 18.2 Å². The minimum absolute atomic E-state index is 0.00421. The van der Waals surface area contributed by atoms with Crippen LogP contribution >= 0.6 is 0 Å². The second-order valence-corrected chi connectivity index (χ2v) is 4.17. The molecular formula is C13H8F2N4O2. The zero-order chi connectivity index (χ0) is 14.8. The van der Waals surface area contributed by atoms with Crippen LogP contribution in [0.5, 0.6) is 0 Å². The summed E-state index contributed by atoms with van der Waals surface area (Å²) in [6.45, 7) is 0. The van der Waals surface area contributed by atoms with Crippen LogP contribution in [-0.4, -0.2) is 16.3 Å². The number of rotatable bonds is 2. The maximum atomic E-state index is 13.0. The van der Waals surface area contributed by atoms with Gasteiger partial charge in [0.25, 0.3) is 0 Å². The molecule has 3 rings (SSSR count). The van der Waals surface area contributed by atoms with Crippen LogP contribution in [0, 0.1) is 11.6 Å². The van der Waals surface area contributed by atoms with E-state index in [4.69, 9.17) is 0 Å².